The Morgan fingerprint density at radius 1 is 1.33 bits per heavy atom. The summed E-state index contributed by atoms with van der Waals surface area (Å²) in [4.78, 5) is 10.6. The highest BCUT2D eigenvalue weighted by molar-refractivity contribution is 5.51. The first-order chi connectivity index (χ1) is 7.23. The summed E-state index contributed by atoms with van der Waals surface area (Å²) in [7, 11) is 0. The van der Waals surface area contributed by atoms with Crippen LogP contribution in [0.3, 0.4) is 0 Å². The maximum absolute atomic E-state index is 10.6. The molecule has 0 radical (unpaired) electrons. The first-order valence-electron chi connectivity index (χ1n) is 5.50. The van der Waals surface area contributed by atoms with Gasteiger partial charge in [-0.3, -0.25) is 0 Å². The van der Waals surface area contributed by atoms with E-state index in [9.17, 15) is 4.79 Å². The molecule has 0 aliphatic heterocycles. The Balaban J connectivity index is 2.95. The van der Waals surface area contributed by atoms with Crippen LogP contribution in [0.1, 0.15) is 38.7 Å². The predicted molar refractivity (Wildman–Crippen MR) is 63.6 cm³/mol. The molecule has 0 spiro atoms. The van der Waals surface area contributed by atoms with Crippen molar-refractivity contribution in [3.8, 4) is 0 Å². The van der Waals surface area contributed by atoms with E-state index in [1.54, 1.807) is 6.08 Å². The van der Waals surface area contributed by atoms with Gasteiger partial charge in [-0.1, -0.05) is 57.0 Å². The zero-order chi connectivity index (χ0) is 11.1. The van der Waals surface area contributed by atoms with Crippen LogP contribution in [0.5, 0.6) is 0 Å². The third-order valence-electron chi connectivity index (χ3n) is 2.86. The number of unbranched alkanes of at least 4 members (excludes halogenated alkanes) is 1. The van der Waals surface area contributed by atoms with Crippen molar-refractivity contribution in [3.63, 3.8) is 0 Å². The Bertz CT molecular complexity index is 336. The van der Waals surface area contributed by atoms with Crippen LogP contribution in [0.25, 0.3) is 0 Å². The molecule has 1 rings (SSSR count). The van der Waals surface area contributed by atoms with E-state index >= 15 is 0 Å². The lowest BCUT2D eigenvalue weighted by molar-refractivity contribution is 0.506. The minimum Gasteiger partial charge on any atom is -0.234 e. The highest BCUT2D eigenvalue weighted by atomic mass is 16.1. The molecule has 0 amide bonds. The molecular formula is C14H18O. The normalized spacial score (nSPS) is 14.0. The number of hydrogen-bond acceptors (Lipinski definition) is 1. The summed E-state index contributed by atoms with van der Waals surface area (Å²) >= 11 is 0. The Hall–Kier alpha value is -1.33. The van der Waals surface area contributed by atoms with Crippen molar-refractivity contribution < 1.29 is 4.79 Å². The Kier molecular flexibility index (Phi) is 4.33. The molecule has 1 atom stereocenters. The van der Waals surface area contributed by atoms with Crippen molar-refractivity contribution in [1.29, 1.82) is 0 Å². The van der Waals surface area contributed by atoms with Crippen LogP contribution in [-0.2, 0) is 10.2 Å². The molecule has 0 unspecified atom stereocenters. The van der Waals surface area contributed by atoms with Crippen LogP contribution in [0, 0.1) is 0 Å². The fourth-order valence-electron chi connectivity index (χ4n) is 1.79. The molecule has 0 bridgehead atoms. The minimum atomic E-state index is -0.154. The highest BCUT2D eigenvalue weighted by Crippen LogP contribution is 2.30. The zero-order valence-electron chi connectivity index (χ0n) is 9.49. The molecule has 0 aliphatic rings. The molecule has 0 aromatic heterocycles. The average Bonchev–Trinajstić information content (AvgIpc) is 2.28. The molecule has 0 saturated heterocycles. The summed E-state index contributed by atoms with van der Waals surface area (Å²) in [5.74, 6) is 1.94. The van der Waals surface area contributed by atoms with E-state index in [0.29, 0.717) is 0 Å². The third-order valence-corrected chi connectivity index (χ3v) is 2.86. The van der Waals surface area contributed by atoms with Crippen LogP contribution < -0.4 is 0 Å². The molecule has 1 heteroatoms. The van der Waals surface area contributed by atoms with Crippen molar-refractivity contribution in [2.24, 2.45) is 0 Å². The van der Waals surface area contributed by atoms with Gasteiger partial charge in [-0.05, 0) is 12.0 Å². The third kappa shape index (κ3) is 3.07. The standard InChI is InChI=1S/C14H18O/c1-3-4-10-14(2,11-12-15)13-8-6-5-7-9-13/h5-9,11H,3-4,10H2,1-2H3/t14-/m0/s1. The molecule has 15 heavy (non-hydrogen) atoms. The lowest BCUT2D eigenvalue weighted by atomic mass is 9.78. The predicted octanol–water partition coefficient (Wildman–Crippen LogP) is 3.52. The maximum Gasteiger partial charge on any atom is 0.120 e. The number of hydrogen-bond donors (Lipinski definition) is 0. The molecule has 80 valence electrons. The maximum atomic E-state index is 10.6. The average molecular weight is 202 g/mol. The number of allylic oxidation sites excluding steroid dienone is 1. The van der Waals surface area contributed by atoms with E-state index in [4.69, 9.17) is 0 Å². The SMILES string of the molecule is CCCC[C@@](C)(C=C=O)c1ccccc1. The smallest absolute Gasteiger partial charge is 0.120 e. The van der Waals surface area contributed by atoms with Crippen molar-refractivity contribution in [2.75, 3.05) is 0 Å². The first-order valence-corrected chi connectivity index (χ1v) is 5.50. The molecule has 0 heterocycles. The minimum absolute atomic E-state index is 0.154. The van der Waals surface area contributed by atoms with Gasteiger partial charge < -0.3 is 0 Å². The Labute approximate surface area is 91.8 Å². The van der Waals surface area contributed by atoms with E-state index in [2.05, 4.69) is 26.0 Å². The van der Waals surface area contributed by atoms with Gasteiger partial charge in [-0.25, -0.2) is 4.79 Å². The van der Waals surface area contributed by atoms with Gasteiger partial charge in [0.05, 0.1) is 0 Å². The molecule has 0 fully saturated rings. The molecule has 1 nitrogen and oxygen atoms in total. The van der Waals surface area contributed by atoms with Crippen molar-refractivity contribution >= 4 is 5.94 Å². The van der Waals surface area contributed by atoms with Gasteiger partial charge in [0.1, 0.15) is 5.94 Å². The fraction of sp³-hybridized carbons (Fsp3) is 0.429. The van der Waals surface area contributed by atoms with Crippen LogP contribution in [-0.4, -0.2) is 5.94 Å². The number of carbonyl (C=O) groups excluding carboxylic acids is 1. The van der Waals surface area contributed by atoms with Crippen molar-refractivity contribution in [3.05, 3.63) is 42.0 Å². The molecule has 1 aromatic carbocycles. The first kappa shape index (κ1) is 11.7. The van der Waals surface area contributed by atoms with Crippen LogP contribution in [0.15, 0.2) is 36.4 Å². The molecule has 0 N–H and O–H groups in total. The molecule has 0 saturated carbocycles. The summed E-state index contributed by atoms with van der Waals surface area (Å²) in [5, 5.41) is 0. The second kappa shape index (κ2) is 5.53. The topological polar surface area (TPSA) is 17.1 Å². The van der Waals surface area contributed by atoms with E-state index in [0.717, 1.165) is 19.3 Å². The monoisotopic (exact) mass is 202 g/mol. The van der Waals surface area contributed by atoms with E-state index < -0.39 is 0 Å². The van der Waals surface area contributed by atoms with Crippen LogP contribution >= 0.6 is 0 Å². The zero-order valence-corrected chi connectivity index (χ0v) is 9.49. The van der Waals surface area contributed by atoms with E-state index in [1.807, 2.05) is 24.1 Å². The summed E-state index contributed by atoms with van der Waals surface area (Å²) in [6, 6.07) is 10.2. The summed E-state index contributed by atoms with van der Waals surface area (Å²) in [6.07, 6.45) is 4.93. The second-order valence-corrected chi connectivity index (χ2v) is 4.15. The second-order valence-electron chi connectivity index (χ2n) is 4.15. The number of rotatable bonds is 5. The highest BCUT2D eigenvalue weighted by Gasteiger charge is 2.22. The van der Waals surface area contributed by atoms with Crippen molar-refractivity contribution in [1.82, 2.24) is 0 Å². The van der Waals surface area contributed by atoms with Gasteiger partial charge in [0.25, 0.3) is 0 Å². The van der Waals surface area contributed by atoms with Crippen molar-refractivity contribution in [2.45, 2.75) is 38.5 Å². The van der Waals surface area contributed by atoms with Gasteiger partial charge >= 0.3 is 0 Å². The lowest BCUT2D eigenvalue weighted by Crippen LogP contribution is -2.19. The molecule has 0 aliphatic carbocycles. The largest absolute Gasteiger partial charge is 0.234 e. The van der Waals surface area contributed by atoms with Gasteiger partial charge in [0, 0.05) is 11.5 Å². The molecule has 1 aromatic rings. The Morgan fingerprint density at radius 2 is 2.00 bits per heavy atom. The van der Waals surface area contributed by atoms with Crippen LogP contribution in [0.2, 0.25) is 0 Å². The summed E-state index contributed by atoms with van der Waals surface area (Å²) in [5.41, 5.74) is 1.04. The quantitative estimate of drug-likeness (QED) is 0.668. The Morgan fingerprint density at radius 3 is 2.53 bits per heavy atom. The van der Waals surface area contributed by atoms with Gasteiger partial charge in [-0.2, -0.15) is 0 Å². The van der Waals surface area contributed by atoms with Gasteiger partial charge in [0.2, 0.25) is 0 Å². The van der Waals surface area contributed by atoms with Gasteiger partial charge in [-0.15, -0.1) is 0 Å². The van der Waals surface area contributed by atoms with Gasteiger partial charge in [0.15, 0.2) is 0 Å². The molecular weight excluding hydrogens is 184 g/mol. The summed E-state index contributed by atoms with van der Waals surface area (Å²) < 4.78 is 0. The van der Waals surface area contributed by atoms with E-state index in [1.165, 1.54) is 5.56 Å². The number of benzene rings is 1. The summed E-state index contributed by atoms with van der Waals surface area (Å²) in [6.45, 7) is 4.26. The fourth-order valence-corrected chi connectivity index (χ4v) is 1.79. The van der Waals surface area contributed by atoms with Crippen LogP contribution in [0.4, 0.5) is 0 Å². The van der Waals surface area contributed by atoms with E-state index in [-0.39, 0.29) is 5.41 Å². The lowest BCUT2D eigenvalue weighted by Gasteiger charge is -2.25.